The van der Waals surface area contributed by atoms with Crippen molar-refractivity contribution in [2.75, 3.05) is 4.90 Å². The van der Waals surface area contributed by atoms with Crippen LogP contribution in [0.3, 0.4) is 0 Å². The van der Waals surface area contributed by atoms with Crippen LogP contribution in [-0.4, -0.2) is 16.8 Å². The third-order valence-electron chi connectivity index (χ3n) is 4.85. The molecule has 1 atom stereocenters. The van der Waals surface area contributed by atoms with Crippen molar-refractivity contribution in [2.45, 2.75) is 6.04 Å². The number of aliphatic hydroxyl groups excluding tert-OH is 1. The van der Waals surface area contributed by atoms with Gasteiger partial charge in [0.2, 0.25) is 0 Å². The molecule has 1 heterocycles. The molecule has 0 radical (unpaired) electrons. The number of aliphatic hydroxyl groups is 1. The number of hydrogen-bond donors (Lipinski definition) is 1. The van der Waals surface area contributed by atoms with Gasteiger partial charge in [-0.25, -0.2) is 13.2 Å². The summed E-state index contributed by atoms with van der Waals surface area (Å²) in [5.41, 5.74) is -0.218. The average molecular weight is 409 g/mol. The van der Waals surface area contributed by atoms with Crippen LogP contribution in [0.4, 0.5) is 18.9 Å². The molecule has 1 fully saturated rings. The second-order valence-corrected chi connectivity index (χ2v) is 6.68. The predicted molar refractivity (Wildman–Crippen MR) is 104 cm³/mol. The molecule has 3 aromatic carbocycles. The maximum absolute atomic E-state index is 14.5. The smallest absolute Gasteiger partial charge is 0.300 e. The molecule has 1 N–H and O–H groups in total. The third kappa shape index (κ3) is 3.24. The summed E-state index contributed by atoms with van der Waals surface area (Å²) in [6.07, 6.45) is 0. The van der Waals surface area contributed by atoms with E-state index in [4.69, 9.17) is 0 Å². The minimum absolute atomic E-state index is 0.107. The zero-order valence-electron chi connectivity index (χ0n) is 15.4. The molecule has 0 spiro atoms. The molecule has 1 saturated heterocycles. The zero-order valence-corrected chi connectivity index (χ0v) is 15.4. The Morgan fingerprint density at radius 3 is 2.13 bits per heavy atom. The second kappa shape index (κ2) is 7.51. The van der Waals surface area contributed by atoms with Crippen molar-refractivity contribution in [3.63, 3.8) is 0 Å². The van der Waals surface area contributed by atoms with Gasteiger partial charge < -0.3 is 5.11 Å². The summed E-state index contributed by atoms with van der Waals surface area (Å²) in [5, 5.41) is 10.8. The van der Waals surface area contributed by atoms with Crippen molar-refractivity contribution < 1.29 is 27.9 Å². The van der Waals surface area contributed by atoms with Gasteiger partial charge >= 0.3 is 0 Å². The van der Waals surface area contributed by atoms with Crippen LogP contribution in [0.2, 0.25) is 0 Å². The van der Waals surface area contributed by atoms with Gasteiger partial charge in [-0.15, -0.1) is 0 Å². The van der Waals surface area contributed by atoms with Crippen LogP contribution >= 0.6 is 0 Å². The molecule has 1 aliphatic heterocycles. The van der Waals surface area contributed by atoms with Crippen molar-refractivity contribution in [2.24, 2.45) is 0 Å². The summed E-state index contributed by atoms with van der Waals surface area (Å²) in [4.78, 5) is 26.5. The van der Waals surface area contributed by atoms with Crippen LogP contribution in [0.15, 0.2) is 78.4 Å². The standard InChI is InChI=1S/C23H14F3NO3/c24-15-8-6-14(7-9-15)21(28)19-20(13-4-2-1-3-5-13)27(23(30)22(19)29)18-12-16(25)10-11-17(18)26/h1-12,20,28H/b21-19+. The molecule has 1 aliphatic rings. The molecule has 1 unspecified atom stereocenters. The lowest BCUT2D eigenvalue weighted by Crippen LogP contribution is -2.30. The number of Topliss-reactive ketones (excluding diaryl/α,β-unsaturated/α-hetero) is 1. The highest BCUT2D eigenvalue weighted by atomic mass is 19.1. The first-order valence-electron chi connectivity index (χ1n) is 8.95. The Hall–Kier alpha value is -3.87. The molecule has 0 saturated carbocycles. The molecule has 0 bridgehead atoms. The lowest BCUT2D eigenvalue weighted by atomic mass is 9.95. The zero-order chi connectivity index (χ0) is 21.4. The lowest BCUT2D eigenvalue weighted by molar-refractivity contribution is -0.132. The molecule has 150 valence electrons. The minimum Gasteiger partial charge on any atom is -0.507 e. The SMILES string of the molecule is O=C1C(=O)N(c2cc(F)ccc2F)C(c2ccccc2)/C1=C(\O)c1ccc(F)cc1. The second-order valence-electron chi connectivity index (χ2n) is 6.68. The predicted octanol–water partition coefficient (Wildman–Crippen LogP) is 4.73. The van der Waals surface area contributed by atoms with Gasteiger partial charge in [0.15, 0.2) is 0 Å². The Balaban J connectivity index is 1.97. The Morgan fingerprint density at radius 2 is 1.47 bits per heavy atom. The van der Waals surface area contributed by atoms with E-state index < -0.39 is 46.6 Å². The van der Waals surface area contributed by atoms with Crippen molar-refractivity contribution in [1.29, 1.82) is 0 Å². The molecular formula is C23H14F3NO3. The van der Waals surface area contributed by atoms with E-state index in [2.05, 4.69) is 0 Å². The van der Waals surface area contributed by atoms with E-state index in [1.807, 2.05) is 0 Å². The number of anilines is 1. The fourth-order valence-electron chi connectivity index (χ4n) is 3.47. The van der Waals surface area contributed by atoms with E-state index in [0.717, 1.165) is 35.2 Å². The van der Waals surface area contributed by atoms with E-state index in [9.17, 15) is 27.9 Å². The van der Waals surface area contributed by atoms with Gasteiger partial charge in [0.05, 0.1) is 17.3 Å². The normalized spacial score (nSPS) is 18.1. The first kappa shape index (κ1) is 19.4. The number of nitrogens with zero attached hydrogens (tertiary/aromatic N) is 1. The van der Waals surface area contributed by atoms with E-state index >= 15 is 0 Å². The molecule has 3 aromatic rings. The Morgan fingerprint density at radius 1 is 0.833 bits per heavy atom. The number of ketones is 1. The largest absolute Gasteiger partial charge is 0.507 e. The maximum atomic E-state index is 14.5. The Kier molecular flexibility index (Phi) is 4.87. The summed E-state index contributed by atoms with van der Waals surface area (Å²) in [7, 11) is 0. The monoisotopic (exact) mass is 409 g/mol. The number of rotatable bonds is 3. The minimum atomic E-state index is -1.20. The molecule has 0 aliphatic carbocycles. The number of carbonyl (C=O) groups is 2. The molecule has 4 nitrogen and oxygen atoms in total. The van der Waals surface area contributed by atoms with Crippen LogP contribution in [0.5, 0.6) is 0 Å². The van der Waals surface area contributed by atoms with Gasteiger partial charge in [0, 0.05) is 11.6 Å². The van der Waals surface area contributed by atoms with Crippen LogP contribution in [0, 0.1) is 17.5 Å². The molecule has 30 heavy (non-hydrogen) atoms. The summed E-state index contributed by atoms with van der Waals surface area (Å²) >= 11 is 0. The van der Waals surface area contributed by atoms with Gasteiger partial charge in [0.25, 0.3) is 11.7 Å². The van der Waals surface area contributed by atoms with Crippen LogP contribution < -0.4 is 4.90 Å². The number of hydrogen-bond acceptors (Lipinski definition) is 3. The molecule has 1 amide bonds. The van der Waals surface area contributed by atoms with E-state index in [1.165, 1.54) is 12.1 Å². The Bertz CT molecular complexity index is 1170. The van der Waals surface area contributed by atoms with Gasteiger partial charge in [-0.3, -0.25) is 14.5 Å². The van der Waals surface area contributed by atoms with Crippen LogP contribution in [0.1, 0.15) is 17.2 Å². The number of halogens is 3. The summed E-state index contributed by atoms with van der Waals surface area (Å²) < 4.78 is 41.6. The molecule has 4 rings (SSSR count). The van der Waals surface area contributed by atoms with Crippen molar-refractivity contribution in [3.05, 3.63) is 107 Å². The highest BCUT2D eigenvalue weighted by Gasteiger charge is 2.47. The number of amides is 1. The van der Waals surface area contributed by atoms with Crippen molar-refractivity contribution in [1.82, 2.24) is 0 Å². The lowest BCUT2D eigenvalue weighted by Gasteiger charge is -2.25. The summed E-state index contributed by atoms with van der Waals surface area (Å²) in [6.45, 7) is 0. The maximum Gasteiger partial charge on any atom is 0.300 e. The van der Waals surface area contributed by atoms with Gasteiger partial charge in [-0.05, 0) is 42.0 Å². The molecular weight excluding hydrogens is 395 g/mol. The average Bonchev–Trinajstić information content (AvgIpc) is 3.01. The van der Waals surface area contributed by atoms with Crippen LogP contribution in [0.25, 0.3) is 5.76 Å². The summed E-state index contributed by atoms with van der Waals surface area (Å²) in [5.74, 6) is -4.96. The highest BCUT2D eigenvalue weighted by molar-refractivity contribution is 6.51. The number of carbonyl (C=O) groups excluding carboxylic acids is 2. The van der Waals surface area contributed by atoms with E-state index in [-0.39, 0.29) is 11.1 Å². The van der Waals surface area contributed by atoms with Crippen molar-refractivity contribution in [3.8, 4) is 0 Å². The van der Waals surface area contributed by atoms with E-state index in [1.54, 1.807) is 30.3 Å². The summed E-state index contributed by atoms with van der Waals surface area (Å²) in [6, 6.07) is 14.2. The van der Waals surface area contributed by atoms with E-state index in [0.29, 0.717) is 5.56 Å². The first-order valence-corrected chi connectivity index (χ1v) is 8.95. The highest BCUT2D eigenvalue weighted by Crippen LogP contribution is 2.42. The quantitative estimate of drug-likeness (QED) is 0.387. The first-order chi connectivity index (χ1) is 14.4. The topological polar surface area (TPSA) is 57.6 Å². The fraction of sp³-hybridized carbons (Fsp3) is 0.0435. The van der Waals surface area contributed by atoms with Gasteiger partial charge in [0.1, 0.15) is 23.2 Å². The van der Waals surface area contributed by atoms with Crippen molar-refractivity contribution >= 4 is 23.1 Å². The molecule has 0 aromatic heterocycles. The Labute approximate surface area is 169 Å². The fourth-order valence-corrected chi connectivity index (χ4v) is 3.47. The third-order valence-corrected chi connectivity index (χ3v) is 4.85. The van der Waals surface area contributed by atoms with Crippen LogP contribution in [-0.2, 0) is 9.59 Å². The number of benzene rings is 3. The van der Waals surface area contributed by atoms with Gasteiger partial charge in [-0.2, -0.15) is 0 Å². The molecule has 7 heteroatoms. The van der Waals surface area contributed by atoms with Gasteiger partial charge in [-0.1, -0.05) is 30.3 Å².